The summed E-state index contributed by atoms with van der Waals surface area (Å²) in [6.07, 6.45) is 4.11. The zero-order valence-electron chi connectivity index (χ0n) is 12.5. The molecule has 2 heterocycles. The Hall–Kier alpha value is -1.46. The van der Waals surface area contributed by atoms with Crippen molar-refractivity contribution in [3.63, 3.8) is 0 Å². The molecule has 0 fully saturated rings. The molecule has 0 bridgehead atoms. The third-order valence-corrected chi connectivity index (χ3v) is 3.50. The molecule has 2 aromatic rings. The average molecular weight is 311 g/mol. The molecule has 1 unspecified atom stereocenters. The zero-order valence-corrected chi connectivity index (χ0v) is 13.2. The summed E-state index contributed by atoms with van der Waals surface area (Å²) in [6.45, 7) is 6.82. The lowest BCUT2D eigenvalue weighted by Crippen LogP contribution is -2.28. The zero-order chi connectivity index (χ0) is 15.4. The van der Waals surface area contributed by atoms with Crippen LogP contribution in [0.2, 0.25) is 5.02 Å². The number of rotatable bonds is 6. The fourth-order valence-corrected chi connectivity index (χ4v) is 2.49. The van der Waals surface area contributed by atoms with Crippen LogP contribution in [0, 0.1) is 5.82 Å². The van der Waals surface area contributed by atoms with Crippen molar-refractivity contribution in [2.75, 3.05) is 6.54 Å². The van der Waals surface area contributed by atoms with Crippen molar-refractivity contribution in [3.05, 3.63) is 46.8 Å². The lowest BCUT2D eigenvalue weighted by Gasteiger charge is -2.22. The van der Waals surface area contributed by atoms with E-state index in [9.17, 15) is 4.39 Å². The molecule has 2 aromatic heterocycles. The molecule has 0 radical (unpaired) electrons. The van der Waals surface area contributed by atoms with E-state index in [1.54, 1.807) is 18.5 Å². The topological polar surface area (TPSA) is 42.7 Å². The molecule has 0 spiro atoms. The van der Waals surface area contributed by atoms with Gasteiger partial charge in [0, 0.05) is 12.2 Å². The molecule has 114 valence electrons. The second-order valence-corrected chi connectivity index (χ2v) is 5.58. The Labute approximate surface area is 129 Å². The summed E-state index contributed by atoms with van der Waals surface area (Å²) < 4.78 is 16.0. The predicted octanol–water partition coefficient (Wildman–Crippen LogP) is 3.74. The summed E-state index contributed by atoms with van der Waals surface area (Å²) in [5, 5.41) is 8.13. The summed E-state index contributed by atoms with van der Waals surface area (Å²) >= 11 is 6.29. The Kier molecular flexibility index (Phi) is 5.31. The third-order valence-electron chi connectivity index (χ3n) is 3.21. The highest BCUT2D eigenvalue weighted by Gasteiger charge is 2.26. The van der Waals surface area contributed by atoms with E-state index in [0.29, 0.717) is 10.7 Å². The van der Waals surface area contributed by atoms with Crippen molar-refractivity contribution in [2.24, 2.45) is 0 Å². The molecule has 0 saturated heterocycles. The van der Waals surface area contributed by atoms with Crippen molar-refractivity contribution in [2.45, 2.75) is 39.3 Å². The van der Waals surface area contributed by atoms with Crippen molar-refractivity contribution < 1.29 is 4.39 Å². The van der Waals surface area contributed by atoms with Gasteiger partial charge in [0.25, 0.3) is 0 Å². The normalized spacial score (nSPS) is 12.9. The van der Waals surface area contributed by atoms with Gasteiger partial charge in [0.1, 0.15) is 5.82 Å². The Morgan fingerprint density at radius 1 is 1.43 bits per heavy atom. The first kappa shape index (κ1) is 15.9. The van der Waals surface area contributed by atoms with Crippen LogP contribution >= 0.6 is 11.6 Å². The van der Waals surface area contributed by atoms with E-state index in [0.717, 1.165) is 18.7 Å². The lowest BCUT2D eigenvalue weighted by molar-refractivity contribution is 0.456. The van der Waals surface area contributed by atoms with Crippen LogP contribution in [-0.4, -0.2) is 21.3 Å². The van der Waals surface area contributed by atoms with Crippen LogP contribution in [0.1, 0.15) is 50.7 Å². The van der Waals surface area contributed by atoms with Crippen LogP contribution in [0.15, 0.2) is 24.5 Å². The Morgan fingerprint density at radius 3 is 2.81 bits per heavy atom. The molecule has 0 amide bonds. The molecule has 6 heteroatoms. The maximum atomic E-state index is 14.1. The lowest BCUT2D eigenvalue weighted by atomic mass is 10.1. The van der Waals surface area contributed by atoms with Gasteiger partial charge in [-0.3, -0.25) is 9.67 Å². The Balaban J connectivity index is 2.51. The summed E-state index contributed by atoms with van der Waals surface area (Å²) in [6, 6.07) is 2.71. The minimum Gasteiger partial charge on any atom is -0.304 e. The number of nitrogens with zero attached hydrogens (tertiary/aromatic N) is 3. The molecular weight excluding hydrogens is 291 g/mol. The van der Waals surface area contributed by atoms with Gasteiger partial charge in [0.2, 0.25) is 0 Å². The SMILES string of the molecule is CCCNC(c1ncccc1F)c1c(Cl)cnn1C(C)C. The van der Waals surface area contributed by atoms with Gasteiger partial charge in [0.15, 0.2) is 0 Å². The van der Waals surface area contributed by atoms with Gasteiger partial charge in [-0.15, -0.1) is 0 Å². The molecule has 0 saturated carbocycles. The van der Waals surface area contributed by atoms with Crippen molar-refractivity contribution in [3.8, 4) is 0 Å². The van der Waals surface area contributed by atoms with Gasteiger partial charge in [-0.2, -0.15) is 5.10 Å². The quantitative estimate of drug-likeness (QED) is 0.884. The highest BCUT2D eigenvalue weighted by Crippen LogP contribution is 2.30. The van der Waals surface area contributed by atoms with E-state index in [-0.39, 0.29) is 11.9 Å². The van der Waals surface area contributed by atoms with Gasteiger partial charge in [0.05, 0.1) is 28.6 Å². The minimum absolute atomic E-state index is 0.130. The number of aromatic nitrogens is 3. The second-order valence-electron chi connectivity index (χ2n) is 5.17. The standard InChI is InChI=1S/C15H20ClFN4/c1-4-7-18-14(13-12(17)6-5-8-19-13)15-11(16)9-20-21(15)10(2)3/h5-6,8-10,14,18H,4,7H2,1-3H3. The predicted molar refractivity (Wildman–Crippen MR) is 82.0 cm³/mol. The molecule has 0 aliphatic carbocycles. The fourth-order valence-electron chi connectivity index (χ4n) is 2.25. The largest absolute Gasteiger partial charge is 0.304 e. The van der Waals surface area contributed by atoms with E-state index in [2.05, 4.69) is 22.3 Å². The van der Waals surface area contributed by atoms with Crippen LogP contribution in [0.25, 0.3) is 0 Å². The van der Waals surface area contributed by atoms with Crippen LogP contribution < -0.4 is 5.32 Å². The van der Waals surface area contributed by atoms with Crippen molar-refractivity contribution in [1.29, 1.82) is 0 Å². The monoisotopic (exact) mass is 310 g/mol. The van der Waals surface area contributed by atoms with Crippen molar-refractivity contribution >= 4 is 11.6 Å². The van der Waals surface area contributed by atoms with Gasteiger partial charge >= 0.3 is 0 Å². The summed E-state index contributed by atoms with van der Waals surface area (Å²) in [4.78, 5) is 4.19. The smallest absolute Gasteiger partial charge is 0.146 e. The minimum atomic E-state index is -0.413. The molecule has 0 aliphatic rings. The molecule has 2 rings (SSSR count). The first-order valence-corrected chi connectivity index (χ1v) is 7.50. The summed E-state index contributed by atoms with van der Waals surface area (Å²) in [5.74, 6) is -0.348. The summed E-state index contributed by atoms with van der Waals surface area (Å²) in [5.41, 5.74) is 1.09. The number of pyridine rings is 1. The molecule has 1 atom stereocenters. The molecule has 4 nitrogen and oxygen atoms in total. The molecule has 1 N–H and O–H groups in total. The van der Waals surface area contributed by atoms with Gasteiger partial charge in [-0.25, -0.2) is 4.39 Å². The number of hydrogen-bond acceptors (Lipinski definition) is 3. The molecule has 0 aliphatic heterocycles. The highest BCUT2D eigenvalue weighted by molar-refractivity contribution is 6.31. The maximum Gasteiger partial charge on any atom is 0.146 e. The second kappa shape index (κ2) is 7.00. The van der Waals surface area contributed by atoms with Crippen LogP contribution in [0.4, 0.5) is 4.39 Å². The fraction of sp³-hybridized carbons (Fsp3) is 0.467. The van der Waals surface area contributed by atoms with Crippen LogP contribution in [0.5, 0.6) is 0 Å². The highest BCUT2D eigenvalue weighted by atomic mass is 35.5. The van der Waals surface area contributed by atoms with Crippen LogP contribution in [-0.2, 0) is 0 Å². The van der Waals surface area contributed by atoms with Gasteiger partial charge < -0.3 is 5.32 Å². The van der Waals surface area contributed by atoms with E-state index in [1.807, 2.05) is 18.5 Å². The van der Waals surface area contributed by atoms with E-state index in [4.69, 9.17) is 11.6 Å². The van der Waals surface area contributed by atoms with Gasteiger partial charge in [-0.1, -0.05) is 18.5 Å². The summed E-state index contributed by atoms with van der Waals surface area (Å²) in [7, 11) is 0. The van der Waals surface area contributed by atoms with E-state index < -0.39 is 6.04 Å². The van der Waals surface area contributed by atoms with Gasteiger partial charge in [-0.05, 0) is 38.9 Å². The maximum absolute atomic E-state index is 14.1. The van der Waals surface area contributed by atoms with Crippen LogP contribution in [0.3, 0.4) is 0 Å². The molecular formula is C15H20ClFN4. The number of halogens is 2. The molecule has 21 heavy (non-hydrogen) atoms. The molecule has 0 aromatic carbocycles. The first-order valence-electron chi connectivity index (χ1n) is 7.13. The average Bonchev–Trinajstić information content (AvgIpc) is 2.83. The Morgan fingerprint density at radius 2 is 2.19 bits per heavy atom. The number of hydrogen-bond donors (Lipinski definition) is 1. The van der Waals surface area contributed by atoms with E-state index >= 15 is 0 Å². The number of nitrogens with one attached hydrogen (secondary N) is 1. The Bertz CT molecular complexity index is 597. The van der Waals surface area contributed by atoms with E-state index in [1.165, 1.54) is 6.07 Å². The third kappa shape index (κ3) is 3.41. The first-order chi connectivity index (χ1) is 10.1. The van der Waals surface area contributed by atoms with Crippen molar-refractivity contribution in [1.82, 2.24) is 20.1 Å².